The van der Waals surface area contributed by atoms with Gasteiger partial charge >= 0.3 is 0 Å². The van der Waals surface area contributed by atoms with Gasteiger partial charge in [0.15, 0.2) is 23.1 Å². The van der Waals surface area contributed by atoms with E-state index in [0.29, 0.717) is 18.0 Å². The number of benzene rings is 1. The number of carbonyl (C=O) groups excluding carboxylic acids is 1. The van der Waals surface area contributed by atoms with Gasteiger partial charge in [-0.3, -0.25) is 4.79 Å². The molecule has 0 spiro atoms. The van der Waals surface area contributed by atoms with Gasteiger partial charge in [0.05, 0.1) is 13.7 Å². The molecule has 1 heterocycles. The number of halogens is 1. The highest BCUT2D eigenvalue weighted by atomic mass is 19.1. The predicted molar refractivity (Wildman–Crippen MR) is 91.6 cm³/mol. The molecule has 1 aromatic carbocycles. The number of aromatic nitrogens is 1. The number of hydrogen-bond acceptors (Lipinski definition) is 6. The molecule has 0 unspecified atom stereocenters. The van der Waals surface area contributed by atoms with E-state index in [9.17, 15) is 9.18 Å². The zero-order valence-electron chi connectivity index (χ0n) is 14.9. The van der Waals surface area contributed by atoms with Gasteiger partial charge in [-0.1, -0.05) is 5.16 Å². The second-order valence-electron chi connectivity index (χ2n) is 5.78. The monoisotopic (exact) mass is 351 g/mol. The minimum Gasteiger partial charge on any atom is -0.494 e. The van der Waals surface area contributed by atoms with Gasteiger partial charge < -0.3 is 24.2 Å². The van der Waals surface area contributed by atoms with Crippen LogP contribution in [0.15, 0.2) is 22.7 Å². The van der Waals surface area contributed by atoms with Crippen molar-refractivity contribution in [2.75, 3.05) is 39.8 Å². The molecule has 1 amide bonds. The fourth-order valence-electron chi connectivity index (χ4n) is 2.38. The lowest BCUT2D eigenvalue weighted by molar-refractivity contribution is 0.0906. The molecule has 2 aromatic rings. The molecule has 136 valence electrons. The molecule has 25 heavy (non-hydrogen) atoms. The van der Waals surface area contributed by atoms with Gasteiger partial charge in [0.2, 0.25) is 0 Å². The van der Waals surface area contributed by atoms with Crippen LogP contribution in [-0.4, -0.2) is 52.0 Å². The molecule has 7 nitrogen and oxygen atoms in total. The van der Waals surface area contributed by atoms with Crippen LogP contribution >= 0.6 is 0 Å². The average molecular weight is 351 g/mol. The van der Waals surface area contributed by atoms with Crippen molar-refractivity contribution in [3.63, 3.8) is 0 Å². The lowest BCUT2D eigenvalue weighted by Crippen LogP contribution is -2.36. The average Bonchev–Trinajstić information content (AvgIpc) is 3.00. The topological polar surface area (TPSA) is 76.8 Å². The minimum atomic E-state index is -0.502. The first-order valence-corrected chi connectivity index (χ1v) is 7.69. The lowest BCUT2D eigenvalue weighted by Gasteiger charge is -2.15. The second-order valence-corrected chi connectivity index (χ2v) is 5.78. The van der Waals surface area contributed by atoms with E-state index < -0.39 is 5.82 Å². The quantitative estimate of drug-likeness (QED) is 0.825. The van der Waals surface area contributed by atoms with Crippen LogP contribution in [0.4, 0.5) is 10.2 Å². The van der Waals surface area contributed by atoms with Crippen molar-refractivity contribution in [3.05, 3.63) is 29.6 Å². The molecular weight excluding hydrogens is 329 g/mol. The Morgan fingerprint density at radius 2 is 2.12 bits per heavy atom. The van der Waals surface area contributed by atoms with Crippen molar-refractivity contribution in [3.8, 4) is 17.1 Å². The standard InChI is InChI=1S/C17H22FN3O4/c1-10(9-23-4)19-17(22)14-15(25-20-16(14)21(2)3)11-6-7-12(18)13(8-11)24-5/h6-8,10H,9H2,1-5H3,(H,19,22)/t10-/m0/s1. The van der Waals surface area contributed by atoms with Gasteiger partial charge in [-0.05, 0) is 25.1 Å². The highest BCUT2D eigenvalue weighted by Gasteiger charge is 2.27. The van der Waals surface area contributed by atoms with Crippen LogP contribution < -0.4 is 15.0 Å². The number of methoxy groups -OCH3 is 2. The van der Waals surface area contributed by atoms with E-state index in [4.69, 9.17) is 14.0 Å². The van der Waals surface area contributed by atoms with E-state index in [-0.39, 0.29) is 29.0 Å². The molecule has 0 saturated heterocycles. The van der Waals surface area contributed by atoms with Gasteiger partial charge in [-0.2, -0.15) is 0 Å². The summed E-state index contributed by atoms with van der Waals surface area (Å²) in [5, 5.41) is 6.80. The van der Waals surface area contributed by atoms with Crippen LogP contribution in [0.25, 0.3) is 11.3 Å². The fourth-order valence-corrected chi connectivity index (χ4v) is 2.38. The van der Waals surface area contributed by atoms with Crippen LogP contribution in [0.2, 0.25) is 0 Å². The number of nitrogens with zero attached hydrogens (tertiary/aromatic N) is 2. The zero-order valence-corrected chi connectivity index (χ0v) is 14.9. The van der Waals surface area contributed by atoms with Crippen molar-refractivity contribution < 1.29 is 23.2 Å². The molecule has 0 bridgehead atoms. The minimum absolute atomic E-state index is 0.0550. The molecule has 1 aromatic heterocycles. The molecular formula is C17H22FN3O4. The molecule has 0 aliphatic carbocycles. The van der Waals surface area contributed by atoms with Gasteiger partial charge in [0.25, 0.3) is 5.91 Å². The van der Waals surface area contributed by atoms with Crippen molar-refractivity contribution >= 4 is 11.7 Å². The molecule has 1 N–H and O–H groups in total. The van der Waals surface area contributed by atoms with Crippen LogP contribution in [-0.2, 0) is 4.74 Å². The van der Waals surface area contributed by atoms with E-state index in [1.165, 1.54) is 25.3 Å². The Labute approximate surface area is 145 Å². The SMILES string of the molecule is COC[C@H](C)NC(=O)c1c(N(C)C)noc1-c1ccc(F)c(OC)c1. The maximum Gasteiger partial charge on any atom is 0.259 e. The Morgan fingerprint density at radius 3 is 2.72 bits per heavy atom. The van der Waals surface area contributed by atoms with Gasteiger partial charge in [0, 0.05) is 32.8 Å². The molecule has 0 radical (unpaired) electrons. The van der Waals surface area contributed by atoms with Gasteiger partial charge in [-0.15, -0.1) is 0 Å². The van der Waals surface area contributed by atoms with Crippen molar-refractivity contribution in [2.45, 2.75) is 13.0 Å². The Balaban J connectivity index is 2.47. The molecule has 8 heteroatoms. The third-order valence-corrected chi connectivity index (χ3v) is 3.53. The first-order valence-electron chi connectivity index (χ1n) is 7.69. The smallest absolute Gasteiger partial charge is 0.259 e. The number of carbonyl (C=O) groups is 1. The molecule has 0 aliphatic heterocycles. The molecule has 1 atom stereocenters. The Hall–Kier alpha value is -2.61. The number of rotatable bonds is 7. The van der Waals surface area contributed by atoms with Crippen molar-refractivity contribution in [2.24, 2.45) is 0 Å². The summed E-state index contributed by atoms with van der Waals surface area (Å²) >= 11 is 0. The Kier molecular flexibility index (Phi) is 5.97. The predicted octanol–water partition coefficient (Wildman–Crippen LogP) is 2.32. The highest BCUT2D eigenvalue weighted by Crippen LogP contribution is 2.33. The number of anilines is 1. The number of amides is 1. The van der Waals surface area contributed by atoms with Gasteiger partial charge in [0.1, 0.15) is 5.56 Å². The van der Waals surface area contributed by atoms with E-state index in [1.807, 2.05) is 6.92 Å². The van der Waals surface area contributed by atoms with Crippen molar-refractivity contribution in [1.29, 1.82) is 0 Å². The van der Waals surface area contributed by atoms with Gasteiger partial charge in [-0.25, -0.2) is 4.39 Å². The van der Waals surface area contributed by atoms with E-state index in [2.05, 4.69) is 10.5 Å². The zero-order chi connectivity index (χ0) is 18.6. The largest absolute Gasteiger partial charge is 0.494 e. The van der Waals surface area contributed by atoms with E-state index in [1.54, 1.807) is 26.1 Å². The summed E-state index contributed by atoms with van der Waals surface area (Å²) in [6.45, 7) is 2.19. The van der Waals surface area contributed by atoms with Crippen LogP contribution in [0.1, 0.15) is 17.3 Å². The van der Waals surface area contributed by atoms with E-state index in [0.717, 1.165) is 0 Å². The normalized spacial score (nSPS) is 11.9. The van der Waals surface area contributed by atoms with Crippen LogP contribution in [0, 0.1) is 5.82 Å². The molecule has 0 saturated carbocycles. The molecule has 2 rings (SSSR count). The maximum atomic E-state index is 13.7. The summed E-state index contributed by atoms with van der Waals surface area (Å²) in [6, 6.07) is 4.03. The van der Waals surface area contributed by atoms with E-state index >= 15 is 0 Å². The summed E-state index contributed by atoms with van der Waals surface area (Å²) in [5.41, 5.74) is 0.755. The highest BCUT2D eigenvalue weighted by molar-refractivity contribution is 6.04. The number of ether oxygens (including phenoxy) is 2. The lowest BCUT2D eigenvalue weighted by atomic mass is 10.1. The molecule has 0 aliphatic rings. The fraction of sp³-hybridized carbons (Fsp3) is 0.412. The van der Waals surface area contributed by atoms with Crippen LogP contribution in [0.3, 0.4) is 0 Å². The summed E-state index contributed by atoms with van der Waals surface area (Å²) < 4.78 is 29.1. The summed E-state index contributed by atoms with van der Waals surface area (Å²) in [4.78, 5) is 14.4. The first-order chi connectivity index (χ1) is 11.9. The summed E-state index contributed by atoms with van der Waals surface area (Å²) in [6.07, 6.45) is 0. The van der Waals surface area contributed by atoms with Crippen molar-refractivity contribution in [1.82, 2.24) is 10.5 Å². The maximum absolute atomic E-state index is 13.7. The summed E-state index contributed by atoms with van der Waals surface area (Å²) in [7, 11) is 6.43. The molecule has 0 fully saturated rings. The third kappa shape index (κ3) is 4.08. The second kappa shape index (κ2) is 7.98. The third-order valence-electron chi connectivity index (χ3n) is 3.53. The summed E-state index contributed by atoms with van der Waals surface area (Å²) in [5.74, 6) is -0.185. The number of nitrogens with one attached hydrogen (secondary N) is 1. The number of hydrogen-bond donors (Lipinski definition) is 1. The van der Waals surface area contributed by atoms with Crippen LogP contribution in [0.5, 0.6) is 5.75 Å². The Morgan fingerprint density at radius 1 is 1.40 bits per heavy atom. The Bertz CT molecular complexity index is 745. The first kappa shape index (κ1) is 18.7.